The number of amides is 1. The lowest BCUT2D eigenvalue weighted by atomic mass is 9.49. The molecule has 0 radical (unpaired) electrons. The van der Waals surface area contributed by atoms with Crippen LogP contribution < -0.4 is 5.32 Å². The van der Waals surface area contributed by atoms with Crippen molar-refractivity contribution in [2.24, 2.45) is 23.2 Å². The van der Waals surface area contributed by atoms with Gasteiger partial charge in [0.1, 0.15) is 5.01 Å². The molecular formula is C18H27N3OS. The van der Waals surface area contributed by atoms with E-state index in [1.165, 1.54) is 19.3 Å². The first-order valence-corrected chi connectivity index (χ1v) is 10.1. The van der Waals surface area contributed by atoms with Crippen LogP contribution in [0.4, 0.5) is 5.13 Å². The molecule has 4 saturated carbocycles. The Kier molecular flexibility index (Phi) is 3.94. The quantitative estimate of drug-likeness (QED) is 0.857. The van der Waals surface area contributed by atoms with Gasteiger partial charge < -0.3 is 5.32 Å². The average Bonchev–Trinajstić information content (AvgIpc) is 2.95. The van der Waals surface area contributed by atoms with Crippen LogP contribution >= 0.6 is 11.3 Å². The van der Waals surface area contributed by atoms with Crippen molar-refractivity contribution in [1.29, 1.82) is 0 Å². The van der Waals surface area contributed by atoms with Crippen LogP contribution in [0, 0.1) is 23.2 Å². The number of carbonyl (C=O) groups excluding carboxylic acids is 1. The van der Waals surface area contributed by atoms with Gasteiger partial charge >= 0.3 is 0 Å². The predicted octanol–water partition coefficient (Wildman–Crippen LogP) is 4.60. The maximum absolute atomic E-state index is 13.0. The monoisotopic (exact) mass is 333 g/mol. The third kappa shape index (κ3) is 2.71. The second kappa shape index (κ2) is 5.83. The van der Waals surface area contributed by atoms with Crippen LogP contribution in [0.2, 0.25) is 0 Å². The van der Waals surface area contributed by atoms with E-state index in [9.17, 15) is 4.79 Å². The molecule has 4 fully saturated rings. The first kappa shape index (κ1) is 15.6. The summed E-state index contributed by atoms with van der Waals surface area (Å²) in [6.45, 7) is 4.37. The van der Waals surface area contributed by atoms with Crippen molar-refractivity contribution in [3.05, 3.63) is 5.01 Å². The summed E-state index contributed by atoms with van der Waals surface area (Å²) in [5.74, 6) is 3.08. The van der Waals surface area contributed by atoms with Crippen LogP contribution in [0.5, 0.6) is 0 Å². The lowest BCUT2D eigenvalue weighted by molar-refractivity contribution is -0.140. The summed E-state index contributed by atoms with van der Waals surface area (Å²) >= 11 is 1.57. The summed E-state index contributed by atoms with van der Waals surface area (Å²) < 4.78 is 0. The molecule has 0 aliphatic heterocycles. The highest BCUT2D eigenvalue weighted by molar-refractivity contribution is 7.15. The van der Waals surface area contributed by atoms with Crippen molar-refractivity contribution in [1.82, 2.24) is 10.2 Å². The van der Waals surface area contributed by atoms with Gasteiger partial charge in [-0.15, -0.1) is 10.2 Å². The Morgan fingerprint density at radius 3 is 2.22 bits per heavy atom. The molecule has 4 nitrogen and oxygen atoms in total. The summed E-state index contributed by atoms with van der Waals surface area (Å²) in [6.07, 6.45) is 9.55. The van der Waals surface area contributed by atoms with Crippen molar-refractivity contribution in [3.8, 4) is 0 Å². The molecule has 23 heavy (non-hydrogen) atoms. The molecule has 5 rings (SSSR count). The molecular weight excluding hydrogens is 306 g/mol. The van der Waals surface area contributed by atoms with Gasteiger partial charge in [0.25, 0.3) is 0 Å². The average molecular weight is 334 g/mol. The van der Waals surface area contributed by atoms with Crippen molar-refractivity contribution in [2.45, 2.75) is 71.1 Å². The zero-order valence-corrected chi connectivity index (χ0v) is 15.0. The molecule has 1 aromatic rings. The number of nitrogens with zero attached hydrogens (tertiary/aromatic N) is 2. The third-order valence-electron chi connectivity index (χ3n) is 6.52. The molecule has 0 aromatic carbocycles. The first-order valence-electron chi connectivity index (χ1n) is 9.26. The number of carbonyl (C=O) groups is 1. The summed E-state index contributed by atoms with van der Waals surface area (Å²) in [6, 6.07) is 0. The highest BCUT2D eigenvalue weighted by atomic mass is 32.1. The van der Waals surface area contributed by atoms with E-state index in [0.717, 1.165) is 54.9 Å². The number of hydrogen-bond donors (Lipinski definition) is 1. The summed E-state index contributed by atoms with van der Waals surface area (Å²) in [5, 5.41) is 13.4. The first-order chi connectivity index (χ1) is 11.1. The van der Waals surface area contributed by atoms with Crippen molar-refractivity contribution in [3.63, 3.8) is 0 Å². The van der Waals surface area contributed by atoms with Crippen molar-refractivity contribution < 1.29 is 4.79 Å². The second-order valence-electron chi connectivity index (χ2n) is 8.11. The molecule has 1 N–H and O–H groups in total. The summed E-state index contributed by atoms with van der Waals surface area (Å²) in [4.78, 5) is 13.0. The molecule has 1 heterocycles. The molecule has 0 saturated heterocycles. The lowest BCUT2D eigenvalue weighted by Crippen LogP contribution is -2.51. The Morgan fingerprint density at radius 2 is 1.70 bits per heavy atom. The number of nitrogens with one attached hydrogen (secondary N) is 1. The minimum Gasteiger partial charge on any atom is -0.300 e. The Morgan fingerprint density at radius 1 is 1.13 bits per heavy atom. The topological polar surface area (TPSA) is 54.9 Å². The van der Waals surface area contributed by atoms with Gasteiger partial charge in [0.2, 0.25) is 11.0 Å². The number of rotatable bonds is 5. The van der Waals surface area contributed by atoms with Crippen LogP contribution in [0.15, 0.2) is 0 Å². The van der Waals surface area contributed by atoms with Gasteiger partial charge in [0, 0.05) is 5.92 Å². The van der Waals surface area contributed by atoms with Crippen molar-refractivity contribution in [2.75, 3.05) is 5.32 Å². The van der Waals surface area contributed by atoms with Crippen LogP contribution in [0.3, 0.4) is 0 Å². The van der Waals surface area contributed by atoms with Crippen LogP contribution in [0.25, 0.3) is 0 Å². The zero-order chi connectivity index (χ0) is 16.0. The van der Waals surface area contributed by atoms with E-state index >= 15 is 0 Å². The number of hydrogen-bond acceptors (Lipinski definition) is 4. The molecule has 126 valence electrons. The largest absolute Gasteiger partial charge is 0.300 e. The minimum absolute atomic E-state index is 0.102. The maximum Gasteiger partial charge on any atom is 0.232 e. The van der Waals surface area contributed by atoms with E-state index in [2.05, 4.69) is 29.4 Å². The van der Waals surface area contributed by atoms with E-state index < -0.39 is 0 Å². The normalized spacial score (nSPS) is 35.0. The van der Waals surface area contributed by atoms with Gasteiger partial charge in [-0.3, -0.25) is 4.79 Å². The molecule has 4 aliphatic rings. The third-order valence-corrected chi connectivity index (χ3v) is 7.52. The molecule has 4 bridgehead atoms. The van der Waals surface area contributed by atoms with Crippen LogP contribution in [0.1, 0.15) is 76.1 Å². The molecule has 0 atom stereocenters. The Balaban J connectivity index is 1.48. The van der Waals surface area contributed by atoms with Gasteiger partial charge in [-0.05, 0) is 69.1 Å². The molecule has 5 heteroatoms. The number of anilines is 1. The highest BCUT2D eigenvalue weighted by Gasteiger charge is 2.54. The standard InChI is InChI=1S/C18H27N3OS/c1-3-14(4-2)15-20-21-17(23-15)19-16(22)18-8-11-5-12(9-18)7-13(6-11)10-18/h11-14H,3-10H2,1-2H3,(H,19,21,22). The van der Waals surface area contributed by atoms with E-state index in [0.29, 0.717) is 11.0 Å². The Bertz CT molecular complexity index is 558. The number of aromatic nitrogens is 2. The van der Waals surface area contributed by atoms with E-state index in [4.69, 9.17) is 0 Å². The molecule has 0 spiro atoms. The van der Waals surface area contributed by atoms with E-state index in [-0.39, 0.29) is 11.3 Å². The van der Waals surface area contributed by atoms with E-state index in [1.807, 2.05) is 0 Å². The lowest BCUT2D eigenvalue weighted by Gasteiger charge is -2.55. The fourth-order valence-corrected chi connectivity index (χ4v) is 6.71. The fraction of sp³-hybridized carbons (Fsp3) is 0.833. The Labute approximate surface area is 142 Å². The second-order valence-corrected chi connectivity index (χ2v) is 9.12. The van der Waals surface area contributed by atoms with E-state index in [1.54, 1.807) is 11.3 Å². The predicted molar refractivity (Wildman–Crippen MR) is 92.5 cm³/mol. The van der Waals surface area contributed by atoms with Crippen LogP contribution in [-0.2, 0) is 4.79 Å². The van der Waals surface area contributed by atoms with Gasteiger partial charge in [0.15, 0.2) is 0 Å². The van der Waals surface area contributed by atoms with Gasteiger partial charge in [-0.2, -0.15) is 0 Å². The van der Waals surface area contributed by atoms with Crippen LogP contribution in [-0.4, -0.2) is 16.1 Å². The molecule has 1 amide bonds. The fourth-order valence-electron chi connectivity index (χ4n) is 5.71. The summed E-state index contributed by atoms with van der Waals surface area (Å²) in [7, 11) is 0. The SMILES string of the molecule is CCC(CC)c1nnc(NC(=O)C23CC4CC(CC(C4)C2)C3)s1. The van der Waals surface area contributed by atoms with Gasteiger partial charge in [-0.1, -0.05) is 25.2 Å². The molecule has 4 aliphatic carbocycles. The van der Waals surface area contributed by atoms with Crippen molar-refractivity contribution >= 4 is 22.4 Å². The highest BCUT2D eigenvalue weighted by Crippen LogP contribution is 2.60. The molecule has 1 aromatic heterocycles. The maximum atomic E-state index is 13.0. The smallest absolute Gasteiger partial charge is 0.232 e. The zero-order valence-electron chi connectivity index (χ0n) is 14.2. The molecule has 0 unspecified atom stereocenters. The van der Waals surface area contributed by atoms with Gasteiger partial charge in [-0.25, -0.2) is 0 Å². The van der Waals surface area contributed by atoms with Gasteiger partial charge in [0.05, 0.1) is 5.41 Å². The Hall–Kier alpha value is -0.970. The minimum atomic E-state index is -0.102. The summed E-state index contributed by atoms with van der Waals surface area (Å²) in [5.41, 5.74) is -0.102.